The van der Waals surface area contributed by atoms with Gasteiger partial charge in [0, 0.05) is 24.6 Å². The Kier molecular flexibility index (Phi) is 5.22. The third-order valence-electron chi connectivity index (χ3n) is 6.93. The van der Waals surface area contributed by atoms with Gasteiger partial charge in [-0.3, -0.25) is 29.4 Å². The van der Waals surface area contributed by atoms with Crippen LogP contribution in [-0.2, 0) is 31.1 Å². The van der Waals surface area contributed by atoms with Gasteiger partial charge in [-0.1, -0.05) is 54.1 Å². The van der Waals surface area contributed by atoms with Crippen LogP contribution in [0, 0.1) is 11.8 Å². The highest BCUT2D eigenvalue weighted by molar-refractivity contribution is 6.35. The van der Waals surface area contributed by atoms with Crippen molar-refractivity contribution >= 4 is 41.0 Å². The number of aliphatic carboxylic acids is 1. The maximum absolute atomic E-state index is 13.6. The molecule has 0 bridgehead atoms. The number of carboxylic acid groups (broad SMARTS) is 1. The minimum atomic E-state index is -1.47. The molecule has 3 aliphatic rings. The van der Waals surface area contributed by atoms with E-state index in [-0.39, 0.29) is 25.3 Å². The normalized spacial score (nSPS) is 27.7. The number of hydrogen-bond donors (Lipinski definition) is 3. The van der Waals surface area contributed by atoms with Gasteiger partial charge in [0.2, 0.25) is 17.7 Å². The van der Waals surface area contributed by atoms with Crippen molar-refractivity contribution in [3.05, 3.63) is 64.7 Å². The van der Waals surface area contributed by atoms with Crippen molar-refractivity contribution in [2.45, 2.75) is 30.8 Å². The zero-order chi connectivity index (χ0) is 23.3. The molecule has 2 saturated heterocycles. The van der Waals surface area contributed by atoms with E-state index in [0.29, 0.717) is 22.7 Å². The highest BCUT2D eigenvalue weighted by Gasteiger charge is 2.70. The predicted molar refractivity (Wildman–Crippen MR) is 119 cm³/mol. The SMILES string of the molecule is O=C(O)CC[C@H]1N[C@@]2(C(=O)Nc3c(Cl)cccc32)[C@@H]2C(=O)N(CCc3ccccc3)C(=O)[C@@H]21. The van der Waals surface area contributed by atoms with Crippen molar-refractivity contribution in [1.82, 2.24) is 10.2 Å². The summed E-state index contributed by atoms with van der Waals surface area (Å²) in [4.78, 5) is 52.9. The zero-order valence-electron chi connectivity index (χ0n) is 17.6. The molecule has 2 fully saturated rings. The predicted octanol–water partition coefficient (Wildman–Crippen LogP) is 2.17. The van der Waals surface area contributed by atoms with E-state index >= 15 is 0 Å². The topological polar surface area (TPSA) is 116 Å². The number of anilines is 1. The maximum atomic E-state index is 13.6. The van der Waals surface area contributed by atoms with Crippen LogP contribution in [0.2, 0.25) is 5.02 Å². The average molecular weight is 468 g/mol. The summed E-state index contributed by atoms with van der Waals surface area (Å²) in [5.74, 6) is -4.06. The molecule has 3 aliphatic heterocycles. The highest BCUT2D eigenvalue weighted by atomic mass is 35.5. The maximum Gasteiger partial charge on any atom is 0.303 e. The molecule has 2 aromatic carbocycles. The van der Waals surface area contributed by atoms with Crippen molar-refractivity contribution in [3.8, 4) is 0 Å². The number of nitrogens with one attached hydrogen (secondary N) is 2. The van der Waals surface area contributed by atoms with Gasteiger partial charge in [-0.15, -0.1) is 0 Å². The van der Waals surface area contributed by atoms with Crippen LogP contribution in [0.4, 0.5) is 5.69 Å². The van der Waals surface area contributed by atoms with E-state index < -0.39 is 41.2 Å². The van der Waals surface area contributed by atoms with Gasteiger partial charge in [-0.05, 0) is 24.5 Å². The number of halogens is 1. The molecule has 3 heterocycles. The number of rotatable bonds is 6. The van der Waals surface area contributed by atoms with E-state index in [2.05, 4.69) is 10.6 Å². The number of carbonyl (C=O) groups is 4. The molecular formula is C24H22ClN3O5. The lowest BCUT2D eigenvalue weighted by Gasteiger charge is -2.29. The molecule has 170 valence electrons. The molecule has 33 heavy (non-hydrogen) atoms. The third kappa shape index (κ3) is 3.24. The van der Waals surface area contributed by atoms with Gasteiger partial charge in [-0.25, -0.2) is 0 Å². The van der Waals surface area contributed by atoms with Crippen molar-refractivity contribution in [2.75, 3.05) is 11.9 Å². The number of nitrogens with zero attached hydrogens (tertiary/aromatic N) is 1. The lowest BCUT2D eigenvalue weighted by atomic mass is 9.76. The summed E-state index contributed by atoms with van der Waals surface area (Å²) in [5.41, 5.74) is 0.444. The molecule has 5 rings (SSSR count). The van der Waals surface area contributed by atoms with E-state index in [1.807, 2.05) is 30.3 Å². The summed E-state index contributed by atoms with van der Waals surface area (Å²) in [6.45, 7) is 0.195. The molecular weight excluding hydrogens is 446 g/mol. The molecule has 9 heteroatoms. The fourth-order valence-electron chi connectivity index (χ4n) is 5.49. The number of benzene rings is 2. The van der Waals surface area contributed by atoms with Crippen LogP contribution in [0.15, 0.2) is 48.5 Å². The van der Waals surface area contributed by atoms with Crippen LogP contribution >= 0.6 is 11.6 Å². The van der Waals surface area contributed by atoms with Crippen LogP contribution in [0.25, 0.3) is 0 Å². The standard InChI is InChI=1S/C24H22ClN3O5/c25-15-8-4-7-14-20(15)26-23(33)24(14)19-18(16(27-24)9-10-17(29)30)21(31)28(22(19)32)12-11-13-5-2-1-3-6-13/h1-8,16,18-19,27H,9-12H2,(H,26,33)(H,29,30)/t16-,18-,19+,24-/m1/s1. The van der Waals surface area contributed by atoms with Crippen molar-refractivity contribution in [2.24, 2.45) is 11.8 Å². The highest BCUT2D eigenvalue weighted by Crippen LogP contribution is 2.54. The van der Waals surface area contributed by atoms with E-state index in [0.717, 1.165) is 5.56 Å². The molecule has 0 aliphatic carbocycles. The molecule has 0 radical (unpaired) electrons. The molecule has 3 amide bonds. The van der Waals surface area contributed by atoms with E-state index in [9.17, 15) is 24.3 Å². The summed E-state index contributed by atoms with van der Waals surface area (Å²) in [6, 6.07) is 13.9. The molecule has 3 N–H and O–H groups in total. The number of carboxylic acids is 1. The van der Waals surface area contributed by atoms with Gasteiger partial charge in [0.1, 0.15) is 5.54 Å². The minimum Gasteiger partial charge on any atom is -0.481 e. The molecule has 2 aromatic rings. The van der Waals surface area contributed by atoms with Gasteiger partial charge in [0.25, 0.3) is 0 Å². The number of para-hydroxylation sites is 1. The molecule has 0 saturated carbocycles. The average Bonchev–Trinajstić information content (AvgIpc) is 3.38. The Labute approximate surface area is 194 Å². The second-order valence-electron chi connectivity index (χ2n) is 8.67. The van der Waals surface area contributed by atoms with Gasteiger partial charge in [-0.2, -0.15) is 0 Å². The number of amides is 3. The number of imide groups is 1. The molecule has 0 aromatic heterocycles. The first-order valence-electron chi connectivity index (χ1n) is 10.8. The first-order chi connectivity index (χ1) is 15.8. The van der Waals surface area contributed by atoms with E-state index in [1.165, 1.54) is 4.90 Å². The summed E-state index contributed by atoms with van der Waals surface area (Å²) >= 11 is 6.31. The molecule has 4 atom stereocenters. The number of hydrogen-bond acceptors (Lipinski definition) is 5. The lowest BCUT2D eigenvalue weighted by Crippen LogP contribution is -2.53. The van der Waals surface area contributed by atoms with Crippen molar-refractivity contribution in [3.63, 3.8) is 0 Å². The summed E-state index contributed by atoms with van der Waals surface area (Å²) in [6.07, 6.45) is 0.423. The first kappa shape index (κ1) is 21.6. The Morgan fingerprint density at radius 2 is 1.82 bits per heavy atom. The smallest absolute Gasteiger partial charge is 0.303 e. The van der Waals surface area contributed by atoms with Crippen LogP contribution in [0.3, 0.4) is 0 Å². The minimum absolute atomic E-state index is 0.118. The lowest BCUT2D eigenvalue weighted by molar-refractivity contribution is -0.143. The third-order valence-corrected chi connectivity index (χ3v) is 7.24. The number of fused-ring (bicyclic) bond motifs is 4. The Morgan fingerprint density at radius 3 is 2.55 bits per heavy atom. The molecule has 1 spiro atoms. The van der Waals surface area contributed by atoms with Gasteiger partial charge < -0.3 is 10.4 Å². The Morgan fingerprint density at radius 1 is 1.06 bits per heavy atom. The van der Waals surface area contributed by atoms with Gasteiger partial charge in [0.05, 0.1) is 22.5 Å². The number of likely N-dealkylation sites (tertiary alicyclic amines) is 1. The summed E-state index contributed by atoms with van der Waals surface area (Å²) in [7, 11) is 0. The van der Waals surface area contributed by atoms with Crippen molar-refractivity contribution in [1.29, 1.82) is 0 Å². The monoisotopic (exact) mass is 467 g/mol. The summed E-state index contributed by atoms with van der Waals surface area (Å²) in [5, 5.41) is 15.5. The van der Waals surface area contributed by atoms with Gasteiger partial charge >= 0.3 is 5.97 Å². The first-order valence-corrected chi connectivity index (χ1v) is 11.2. The second kappa shape index (κ2) is 7.97. The number of carbonyl (C=O) groups excluding carboxylic acids is 3. The van der Waals surface area contributed by atoms with E-state index in [1.54, 1.807) is 18.2 Å². The van der Waals surface area contributed by atoms with Crippen LogP contribution in [-0.4, -0.2) is 46.3 Å². The van der Waals surface area contributed by atoms with Crippen LogP contribution in [0.1, 0.15) is 24.0 Å². The molecule has 0 unspecified atom stereocenters. The Hall–Kier alpha value is -3.23. The molecule has 8 nitrogen and oxygen atoms in total. The van der Waals surface area contributed by atoms with Gasteiger partial charge in [0.15, 0.2) is 0 Å². The zero-order valence-corrected chi connectivity index (χ0v) is 18.3. The largest absolute Gasteiger partial charge is 0.481 e. The second-order valence-corrected chi connectivity index (χ2v) is 9.08. The fourth-order valence-corrected chi connectivity index (χ4v) is 5.71. The van der Waals surface area contributed by atoms with E-state index in [4.69, 9.17) is 11.6 Å². The van der Waals surface area contributed by atoms with Crippen LogP contribution in [0.5, 0.6) is 0 Å². The fraction of sp³-hybridized carbons (Fsp3) is 0.333. The Balaban J connectivity index is 1.53. The van der Waals surface area contributed by atoms with Crippen LogP contribution < -0.4 is 10.6 Å². The quantitative estimate of drug-likeness (QED) is 0.561. The summed E-state index contributed by atoms with van der Waals surface area (Å²) < 4.78 is 0. The Bertz CT molecular complexity index is 1170. The van der Waals surface area contributed by atoms with Crippen molar-refractivity contribution < 1.29 is 24.3 Å².